The fourth-order valence-electron chi connectivity index (χ4n) is 2.30. The number of benzene rings is 1. The Hall–Kier alpha value is -2.87. The molecule has 3 rings (SSSR count). The Labute approximate surface area is 144 Å². The molecule has 3 aromatic rings. The number of para-hydroxylation sites is 1. The van der Waals surface area contributed by atoms with E-state index in [0.29, 0.717) is 24.0 Å². The highest BCUT2D eigenvalue weighted by molar-refractivity contribution is 5.78. The van der Waals surface area contributed by atoms with Crippen LogP contribution in [0.25, 0.3) is 11.0 Å². The Bertz CT molecular complexity index is 824. The molecule has 0 saturated carbocycles. The van der Waals surface area contributed by atoms with Gasteiger partial charge in [0.15, 0.2) is 5.82 Å². The molecule has 0 aliphatic carbocycles. The molecular formula is C17H20N4O4. The second kappa shape index (κ2) is 7.35. The SMILES string of the molecule is COC(C)c1noc(CN(C)C(=O)NCc2cc3ccccc3o2)n1. The normalized spacial score (nSPS) is 12.3. The van der Waals surface area contributed by atoms with E-state index in [4.69, 9.17) is 13.7 Å². The minimum absolute atomic E-state index is 0.204. The zero-order valence-corrected chi connectivity index (χ0v) is 14.4. The first-order valence-corrected chi connectivity index (χ1v) is 7.88. The zero-order chi connectivity index (χ0) is 17.8. The monoisotopic (exact) mass is 344 g/mol. The Morgan fingerprint density at radius 3 is 2.96 bits per heavy atom. The van der Waals surface area contributed by atoms with Gasteiger partial charge in [0.2, 0.25) is 5.89 Å². The maximum atomic E-state index is 12.2. The molecule has 0 aliphatic rings. The fraction of sp³-hybridized carbons (Fsp3) is 0.353. The van der Waals surface area contributed by atoms with E-state index >= 15 is 0 Å². The zero-order valence-electron chi connectivity index (χ0n) is 14.4. The molecule has 0 spiro atoms. The van der Waals surface area contributed by atoms with Crippen LogP contribution in [-0.4, -0.2) is 35.2 Å². The Morgan fingerprint density at radius 1 is 1.40 bits per heavy atom. The number of carbonyl (C=O) groups is 1. The Kier molecular flexibility index (Phi) is 4.99. The van der Waals surface area contributed by atoms with Crippen molar-refractivity contribution >= 4 is 17.0 Å². The topological polar surface area (TPSA) is 93.6 Å². The quantitative estimate of drug-likeness (QED) is 0.739. The van der Waals surface area contributed by atoms with Crippen LogP contribution in [0.1, 0.15) is 30.5 Å². The first-order chi connectivity index (χ1) is 12.1. The summed E-state index contributed by atoms with van der Waals surface area (Å²) in [6.45, 7) is 2.32. The van der Waals surface area contributed by atoms with E-state index < -0.39 is 0 Å². The van der Waals surface area contributed by atoms with Crippen LogP contribution >= 0.6 is 0 Å². The fourth-order valence-corrected chi connectivity index (χ4v) is 2.30. The smallest absolute Gasteiger partial charge is 0.317 e. The lowest BCUT2D eigenvalue weighted by molar-refractivity contribution is 0.109. The van der Waals surface area contributed by atoms with Gasteiger partial charge in [-0.3, -0.25) is 0 Å². The molecule has 1 aromatic carbocycles. The summed E-state index contributed by atoms with van der Waals surface area (Å²) >= 11 is 0. The second-order valence-electron chi connectivity index (χ2n) is 5.69. The standard InChI is InChI=1S/C17H20N4O4/c1-11(23-3)16-19-15(25-20-16)10-21(2)17(22)18-9-13-8-12-6-4-5-7-14(12)24-13/h4-8,11H,9-10H2,1-3H3,(H,18,22). The van der Waals surface area contributed by atoms with Gasteiger partial charge in [0, 0.05) is 19.5 Å². The van der Waals surface area contributed by atoms with Crippen molar-refractivity contribution in [2.45, 2.75) is 26.1 Å². The third-order valence-corrected chi connectivity index (χ3v) is 3.81. The highest BCUT2D eigenvalue weighted by Gasteiger charge is 2.17. The van der Waals surface area contributed by atoms with Crippen molar-refractivity contribution in [2.75, 3.05) is 14.2 Å². The summed E-state index contributed by atoms with van der Waals surface area (Å²) in [5.41, 5.74) is 0.797. The number of fused-ring (bicyclic) bond motifs is 1. The van der Waals surface area contributed by atoms with Crippen LogP contribution in [-0.2, 0) is 17.8 Å². The van der Waals surface area contributed by atoms with Crippen LogP contribution in [0.5, 0.6) is 0 Å². The molecule has 2 heterocycles. The molecule has 0 radical (unpaired) electrons. The summed E-state index contributed by atoms with van der Waals surface area (Å²) in [5.74, 6) is 1.49. The van der Waals surface area contributed by atoms with Crippen LogP contribution in [0.3, 0.4) is 0 Å². The van der Waals surface area contributed by atoms with Crippen molar-refractivity contribution in [1.82, 2.24) is 20.4 Å². The van der Waals surface area contributed by atoms with Crippen LogP contribution in [0, 0.1) is 0 Å². The number of methoxy groups -OCH3 is 1. The van der Waals surface area contributed by atoms with Gasteiger partial charge < -0.3 is 23.9 Å². The average Bonchev–Trinajstić information content (AvgIpc) is 3.25. The summed E-state index contributed by atoms with van der Waals surface area (Å²) in [7, 11) is 3.22. The molecule has 0 aliphatic heterocycles. The average molecular weight is 344 g/mol. The van der Waals surface area contributed by atoms with Gasteiger partial charge in [0.05, 0.1) is 6.54 Å². The number of nitrogens with one attached hydrogen (secondary N) is 1. The van der Waals surface area contributed by atoms with Crippen LogP contribution in [0.2, 0.25) is 0 Å². The van der Waals surface area contributed by atoms with Gasteiger partial charge in [-0.05, 0) is 19.1 Å². The number of carbonyl (C=O) groups excluding carboxylic acids is 1. The highest BCUT2D eigenvalue weighted by Crippen LogP contribution is 2.18. The third-order valence-electron chi connectivity index (χ3n) is 3.81. The third kappa shape index (κ3) is 3.97. The number of rotatable bonds is 6. The number of hydrogen-bond donors (Lipinski definition) is 1. The second-order valence-corrected chi connectivity index (χ2v) is 5.69. The highest BCUT2D eigenvalue weighted by atomic mass is 16.5. The minimum atomic E-state index is -0.264. The molecule has 0 bridgehead atoms. The van der Waals surface area contributed by atoms with E-state index in [1.807, 2.05) is 37.3 Å². The molecule has 0 fully saturated rings. The van der Waals surface area contributed by atoms with Gasteiger partial charge in [0.1, 0.15) is 24.0 Å². The number of ether oxygens (including phenoxy) is 1. The molecule has 2 amide bonds. The molecule has 132 valence electrons. The summed E-state index contributed by atoms with van der Waals surface area (Å²) in [6, 6.07) is 9.35. The first-order valence-electron chi connectivity index (χ1n) is 7.88. The van der Waals surface area contributed by atoms with Gasteiger partial charge >= 0.3 is 6.03 Å². The first kappa shape index (κ1) is 17.0. The van der Waals surface area contributed by atoms with Gasteiger partial charge in [-0.15, -0.1) is 0 Å². The van der Waals surface area contributed by atoms with Crippen LogP contribution in [0.15, 0.2) is 39.3 Å². The molecule has 8 nitrogen and oxygen atoms in total. The van der Waals surface area contributed by atoms with E-state index in [9.17, 15) is 4.79 Å². The van der Waals surface area contributed by atoms with E-state index in [1.165, 1.54) is 4.90 Å². The van der Waals surface area contributed by atoms with E-state index in [0.717, 1.165) is 11.0 Å². The number of amides is 2. The number of nitrogens with zero attached hydrogens (tertiary/aromatic N) is 3. The number of urea groups is 1. The van der Waals surface area contributed by atoms with E-state index in [-0.39, 0.29) is 18.7 Å². The molecule has 25 heavy (non-hydrogen) atoms. The van der Waals surface area contributed by atoms with Crippen molar-refractivity contribution in [2.24, 2.45) is 0 Å². The van der Waals surface area contributed by atoms with Gasteiger partial charge in [-0.1, -0.05) is 23.4 Å². The van der Waals surface area contributed by atoms with Crippen molar-refractivity contribution in [3.63, 3.8) is 0 Å². The number of aromatic nitrogens is 2. The van der Waals surface area contributed by atoms with Crippen LogP contribution in [0.4, 0.5) is 4.79 Å². The maximum Gasteiger partial charge on any atom is 0.317 e. The van der Waals surface area contributed by atoms with Gasteiger partial charge in [-0.2, -0.15) is 4.98 Å². The van der Waals surface area contributed by atoms with Crippen molar-refractivity contribution in [3.05, 3.63) is 47.8 Å². The number of hydrogen-bond acceptors (Lipinski definition) is 6. The predicted octanol–water partition coefficient (Wildman–Crippen LogP) is 2.86. The van der Waals surface area contributed by atoms with Crippen LogP contribution < -0.4 is 5.32 Å². The van der Waals surface area contributed by atoms with Crippen molar-refractivity contribution < 1.29 is 18.5 Å². The Balaban J connectivity index is 1.54. The molecule has 0 saturated heterocycles. The van der Waals surface area contributed by atoms with Crippen molar-refractivity contribution in [1.29, 1.82) is 0 Å². The lowest BCUT2D eigenvalue weighted by atomic mass is 10.2. The van der Waals surface area contributed by atoms with E-state index in [1.54, 1.807) is 14.2 Å². The summed E-state index contributed by atoms with van der Waals surface area (Å²) < 4.78 is 15.9. The lowest BCUT2D eigenvalue weighted by Gasteiger charge is -2.15. The summed E-state index contributed by atoms with van der Waals surface area (Å²) in [6.07, 6.45) is -0.260. The largest absolute Gasteiger partial charge is 0.459 e. The molecule has 1 atom stereocenters. The summed E-state index contributed by atoms with van der Waals surface area (Å²) in [5, 5.41) is 7.64. The van der Waals surface area contributed by atoms with E-state index in [2.05, 4.69) is 15.5 Å². The molecule has 1 N–H and O–H groups in total. The Morgan fingerprint density at radius 2 is 2.20 bits per heavy atom. The number of furan rings is 1. The molecular weight excluding hydrogens is 324 g/mol. The molecule has 1 unspecified atom stereocenters. The minimum Gasteiger partial charge on any atom is -0.459 e. The molecule has 8 heteroatoms. The maximum absolute atomic E-state index is 12.2. The molecule has 2 aromatic heterocycles. The summed E-state index contributed by atoms with van der Waals surface area (Å²) in [4.78, 5) is 17.9. The van der Waals surface area contributed by atoms with Gasteiger partial charge in [0.25, 0.3) is 0 Å². The van der Waals surface area contributed by atoms with Crippen molar-refractivity contribution in [3.8, 4) is 0 Å². The lowest BCUT2D eigenvalue weighted by Crippen LogP contribution is -2.36. The predicted molar refractivity (Wildman–Crippen MR) is 89.6 cm³/mol. The van der Waals surface area contributed by atoms with Gasteiger partial charge in [-0.25, -0.2) is 4.79 Å².